The van der Waals surface area contributed by atoms with Crippen LogP contribution in [0.5, 0.6) is 0 Å². The molecule has 0 radical (unpaired) electrons. The molecule has 0 aliphatic carbocycles. The minimum atomic E-state index is -2.60. The summed E-state index contributed by atoms with van der Waals surface area (Å²) in [4.78, 5) is 54.1. The number of primary amides is 1. The van der Waals surface area contributed by atoms with Crippen molar-refractivity contribution in [2.24, 2.45) is 5.73 Å². The van der Waals surface area contributed by atoms with E-state index < -0.39 is 24.9 Å². The van der Waals surface area contributed by atoms with E-state index in [-0.39, 0.29) is 35.4 Å². The predicted molar refractivity (Wildman–Crippen MR) is 240 cm³/mol. The summed E-state index contributed by atoms with van der Waals surface area (Å²) in [5.74, 6) is 5.19. The third-order valence-corrected chi connectivity index (χ3v) is 13.2. The first kappa shape index (κ1) is 43.6. The minimum absolute atomic E-state index is 0.172. The van der Waals surface area contributed by atoms with Crippen LogP contribution < -0.4 is 36.8 Å². The number of aromatic nitrogens is 2. The van der Waals surface area contributed by atoms with Crippen LogP contribution in [0.25, 0.3) is 0 Å². The molecule has 0 atom stereocenters. The fourth-order valence-electron chi connectivity index (χ4n) is 8.11. The fourth-order valence-corrected chi connectivity index (χ4v) is 9.40. The topological polar surface area (TPSA) is 169 Å². The van der Waals surface area contributed by atoms with E-state index in [0.717, 1.165) is 76.3 Å². The van der Waals surface area contributed by atoms with E-state index in [0.29, 0.717) is 46.2 Å². The van der Waals surface area contributed by atoms with Crippen LogP contribution in [0.15, 0.2) is 60.8 Å². The zero-order valence-corrected chi connectivity index (χ0v) is 36.3. The maximum atomic E-state index is 14.8. The van der Waals surface area contributed by atoms with Crippen LogP contribution >= 0.6 is 18.7 Å². The van der Waals surface area contributed by atoms with E-state index in [1.807, 2.05) is 36.4 Å². The smallest absolute Gasteiger partial charge is 0.328 e. The van der Waals surface area contributed by atoms with E-state index in [9.17, 15) is 23.3 Å². The number of urea groups is 1. The molecule has 3 fully saturated rings. The Balaban J connectivity index is 0.919. The van der Waals surface area contributed by atoms with Crippen LogP contribution in [0.1, 0.15) is 54.1 Å². The lowest BCUT2D eigenvalue weighted by Gasteiger charge is -2.43. The lowest BCUT2D eigenvalue weighted by molar-refractivity contribution is -0.120. The number of amides is 4. The third-order valence-electron chi connectivity index (χ3n) is 11.4. The average Bonchev–Trinajstić information content (AvgIpc) is 3.24. The van der Waals surface area contributed by atoms with Crippen molar-refractivity contribution in [1.29, 1.82) is 0 Å². The Labute approximate surface area is 360 Å². The highest BCUT2D eigenvalue weighted by Gasteiger charge is 2.29. The van der Waals surface area contributed by atoms with Crippen molar-refractivity contribution in [2.45, 2.75) is 45.1 Å². The molecule has 17 heteroatoms. The summed E-state index contributed by atoms with van der Waals surface area (Å²) in [6.07, 6.45) is 4.98. The molecule has 0 unspecified atom stereocenters. The van der Waals surface area contributed by atoms with Crippen molar-refractivity contribution in [1.82, 2.24) is 25.1 Å². The summed E-state index contributed by atoms with van der Waals surface area (Å²) in [5.41, 5.74) is 10.2. The number of nitrogens with one attached hydrogen (secondary N) is 3. The number of carbonyl (C=O) groups excluding carboxylic acids is 3. The van der Waals surface area contributed by atoms with Gasteiger partial charge in [0.25, 0.3) is 5.91 Å². The number of imide groups is 1. The Morgan fingerprint density at radius 3 is 2.44 bits per heavy atom. The van der Waals surface area contributed by atoms with Gasteiger partial charge >= 0.3 is 6.03 Å². The number of anilines is 6. The lowest BCUT2D eigenvalue weighted by atomic mass is 9.98. The Kier molecular flexibility index (Phi) is 13.6. The van der Waals surface area contributed by atoms with Gasteiger partial charge in [0.15, 0.2) is 5.82 Å². The first-order valence-electron chi connectivity index (χ1n) is 20.6. The van der Waals surface area contributed by atoms with Gasteiger partial charge in [0, 0.05) is 87.9 Å². The summed E-state index contributed by atoms with van der Waals surface area (Å²) >= 11 is 6.49. The van der Waals surface area contributed by atoms with Gasteiger partial charge in [-0.3, -0.25) is 29.6 Å². The maximum absolute atomic E-state index is 14.8. The molecular formula is C44H51ClFN10O4P. The number of hydrogen-bond acceptors (Lipinski definition) is 11. The highest BCUT2D eigenvalue weighted by atomic mass is 35.5. The second-order valence-corrected chi connectivity index (χ2v) is 19.4. The zero-order chi connectivity index (χ0) is 43.3. The summed E-state index contributed by atoms with van der Waals surface area (Å²) < 4.78 is 27.8. The minimum Gasteiger partial charge on any atom is -0.371 e. The lowest BCUT2D eigenvalue weighted by Crippen LogP contribution is -2.53. The monoisotopic (exact) mass is 868 g/mol. The van der Waals surface area contributed by atoms with Crippen molar-refractivity contribution in [3.05, 3.63) is 88.3 Å². The molecule has 4 amide bonds. The summed E-state index contributed by atoms with van der Waals surface area (Å²) in [6, 6.07) is 15.6. The average molecular weight is 869 g/mol. The molecular weight excluding hydrogens is 818 g/mol. The van der Waals surface area contributed by atoms with Crippen LogP contribution in [0.3, 0.4) is 0 Å². The summed E-state index contributed by atoms with van der Waals surface area (Å²) in [5, 5.41) is 9.62. The number of piperazine rings is 1. The van der Waals surface area contributed by atoms with Gasteiger partial charge in [-0.1, -0.05) is 42.5 Å². The Morgan fingerprint density at radius 2 is 1.75 bits per heavy atom. The Bertz CT molecular complexity index is 2420. The van der Waals surface area contributed by atoms with Crippen LogP contribution in [-0.4, -0.2) is 109 Å². The van der Waals surface area contributed by atoms with Gasteiger partial charge in [-0.2, -0.15) is 4.98 Å². The Hall–Kier alpha value is -5.52. The van der Waals surface area contributed by atoms with Gasteiger partial charge in [-0.05, 0) is 80.6 Å². The van der Waals surface area contributed by atoms with E-state index >= 15 is 0 Å². The molecule has 3 aromatic carbocycles. The molecule has 61 heavy (non-hydrogen) atoms. The van der Waals surface area contributed by atoms with Crippen LogP contribution in [0, 0.1) is 17.7 Å². The third kappa shape index (κ3) is 10.5. The van der Waals surface area contributed by atoms with Crippen molar-refractivity contribution < 1.29 is 23.3 Å². The largest absolute Gasteiger partial charge is 0.371 e. The number of nitrogens with zero attached hydrogens (tertiary/aromatic N) is 6. The molecule has 5 N–H and O–H groups in total. The van der Waals surface area contributed by atoms with E-state index in [1.54, 1.807) is 25.5 Å². The number of aryl methyl sites for hydroxylation is 1. The SMILES string of the molecule is CCc1cc(Nc2ncc(Cl)c(Nc3ccccc3P(C)(C)=O)n2)c(C(N)=O)cc1N1CCC(N2CCN(CCC#Cc3ccc(N4CCC(=O)NC4=O)cc3F)CC2)CC1. The van der Waals surface area contributed by atoms with Gasteiger partial charge in [-0.15, -0.1) is 0 Å². The molecule has 1 aromatic heterocycles. The standard InChI is InChI=1S/C44H51ClFN10O4P/c1-4-29-25-37(50-43-48-28-34(45)42(52-43)49-36-10-5-6-11-39(36)61(2,3)60)33(41(47)58)27-38(29)55-18-14-31(15-19-55)54-23-21-53(22-24-54)17-8-7-9-30-12-13-32(26-35(30)46)56-20-16-40(57)51-44(56)59/h5-6,10-13,25-28,31H,4,8,14-24H2,1-3H3,(H2,47,58)(H,51,57,59)(H2,48,49,50,52). The Morgan fingerprint density at radius 1 is 1.00 bits per heavy atom. The molecule has 320 valence electrons. The normalized spacial score (nSPS) is 16.8. The molecule has 0 spiro atoms. The molecule has 3 saturated heterocycles. The number of rotatable bonds is 12. The molecule has 7 rings (SSSR count). The molecule has 3 aliphatic rings. The zero-order valence-electron chi connectivity index (χ0n) is 34.6. The van der Waals surface area contributed by atoms with Crippen LogP contribution in [0.4, 0.5) is 43.7 Å². The van der Waals surface area contributed by atoms with Crippen molar-refractivity contribution in [2.75, 3.05) is 86.1 Å². The molecule has 4 heterocycles. The number of benzene rings is 3. The summed E-state index contributed by atoms with van der Waals surface area (Å²) in [7, 11) is -2.60. The molecule has 0 bridgehead atoms. The van der Waals surface area contributed by atoms with E-state index in [4.69, 9.17) is 17.3 Å². The van der Waals surface area contributed by atoms with Gasteiger partial charge in [-0.25, -0.2) is 14.2 Å². The van der Waals surface area contributed by atoms with Gasteiger partial charge in [0.05, 0.1) is 28.7 Å². The molecule has 3 aliphatic heterocycles. The second kappa shape index (κ2) is 19.0. The number of para-hydroxylation sites is 1. The number of carbonyl (C=O) groups is 3. The maximum Gasteiger partial charge on any atom is 0.328 e. The first-order chi connectivity index (χ1) is 29.3. The number of nitrogens with two attached hydrogens (primary N) is 1. The van der Waals surface area contributed by atoms with Gasteiger partial charge in [0.2, 0.25) is 11.9 Å². The fraction of sp³-hybridized carbons (Fsp3) is 0.386. The first-order valence-corrected chi connectivity index (χ1v) is 23.5. The van der Waals surface area contributed by atoms with E-state index in [2.05, 4.69) is 59.4 Å². The molecule has 4 aromatic rings. The molecule has 0 saturated carbocycles. The van der Waals surface area contributed by atoms with Crippen LogP contribution in [-0.2, 0) is 15.8 Å². The van der Waals surface area contributed by atoms with E-state index in [1.165, 1.54) is 17.2 Å². The van der Waals surface area contributed by atoms with Crippen molar-refractivity contribution in [3.8, 4) is 11.8 Å². The van der Waals surface area contributed by atoms with Crippen LogP contribution in [0.2, 0.25) is 5.02 Å². The molecule has 14 nitrogen and oxygen atoms in total. The van der Waals surface area contributed by atoms with Gasteiger partial charge in [0.1, 0.15) is 18.0 Å². The van der Waals surface area contributed by atoms with Crippen molar-refractivity contribution >= 4 is 76.4 Å². The number of halogens is 2. The number of hydrogen-bond donors (Lipinski definition) is 4. The second-order valence-electron chi connectivity index (χ2n) is 15.8. The van der Waals surface area contributed by atoms with Crippen molar-refractivity contribution in [3.63, 3.8) is 0 Å². The quantitative estimate of drug-likeness (QED) is 0.0954. The number of piperidine rings is 1. The highest BCUT2D eigenvalue weighted by Crippen LogP contribution is 2.39. The summed E-state index contributed by atoms with van der Waals surface area (Å²) in [6.45, 7) is 12.0. The highest BCUT2D eigenvalue weighted by molar-refractivity contribution is 7.70. The predicted octanol–water partition coefficient (Wildman–Crippen LogP) is 6.14. The van der Waals surface area contributed by atoms with Gasteiger partial charge < -0.3 is 25.8 Å².